The molecule has 112 valence electrons. The van der Waals surface area contributed by atoms with Gasteiger partial charge in [0, 0.05) is 6.54 Å². The second-order valence-electron chi connectivity index (χ2n) is 6.95. The van der Waals surface area contributed by atoms with Crippen LogP contribution in [-0.4, -0.2) is 19.2 Å². The summed E-state index contributed by atoms with van der Waals surface area (Å²) in [6.45, 7) is 7.68. The molecule has 0 amide bonds. The van der Waals surface area contributed by atoms with Crippen LogP contribution in [0.5, 0.6) is 5.75 Å². The largest absolute Gasteiger partial charge is 0.495 e. The first-order valence-electron chi connectivity index (χ1n) is 7.54. The van der Waals surface area contributed by atoms with Gasteiger partial charge in [0.2, 0.25) is 0 Å². The Bertz CT molecular complexity index is 458. The summed E-state index contributed by atoms with van der Waals surface area (Å²) in [6.07, 6.45) is 3.51. The van der Waals surface area contributed by atoms with Crippen LogP contribution in [0.15, 0.2) is 24.3 Å². The summed E-state index contributed by atoms with van der Waals surface area (Å²) >= 11 is 0. The molecule has 1 fully saturated rings. The lowest BCUT2D eigenvalue weighted by Crippen LogP contribution is -2.55. The lowest BCUT2D eigenvalue weighted by Gasteiger charge is -2.49. The van der Waals surface area contributed by atoms with E-state index >= 15 is 0 Å². The molecular weight excluding hydrogens is 248 g/mol. The summed E-state index contributed by atoms with van der Waals surface area (Å²) in [4.78, 5) is 0. The Morgan fingerprint density at radius 1 is 1.30 bits per heavy atom. The highest BCUT2D eigenvalue weighted by Gasteiger charge is 2.43. The zero-order valence-electron chi connectivity index (χ0n) is 13.2. The summed E-state index contributed by atoms with van der Waals surface area (Å²) in [5.41, 5.74) is 7.59. The van der Waals surface area contributed by atoms with Gasteiger partial charge in [-0.2, -0.15) is 0 Å². The molecule has 0 heterocycles. The van der Waals surface area contributed by atoms with Gasteiger partial charge in [-0.15, -0.1) is 0 Å². The summed E-state index contributed by atoms with van der Waals surface area (Å²) in [5, 5.41) is 3.70. The molecule has 1 saturated carbocycles. The van der Waals surface area contributed by atoms with Gasteiger partial charge in [-0.05, 0) is 42.7 Å². The Labute approximate surface area is 122 Å². The number of ether oxygens (including phenoxy) is 1. The van der Waals surface area contributed by atoms with Crippen LogP contribution in [0.3, 0.4) is 0 Å². The van der Waals surface area contributed by atoms with E-state index in [-0.39, 0.29) is 5.54 Å². The van der Waals surface area contributed by atoms with Gasteiger partial charge in [-0.3, -0.25) is 0 Å². The van der Waals surface area contributed by atoms with Crippen molar-refractivity contribution in [2.45, 2.75) is 45.6 Å². The molecule has 0 saturated heterocycles. The van der Waals surface area contributed by atoms with E-state index < -0.39 is 0 Å². The van der Waals surface area contributed by atoms with Crippen LogP contribution in [0.25, 0.3) is 0 Å². The molecule has 3 N–H and O–H groups in total. The van der Waals surface area contributed by atoms with Gasteiger partial charge in [0.15, 0.2) is 0 Å². The SMILES string of the molecule is COc1ccccc1NC1(CN)CCC(C)(C)CC1C. The number of anilines is 1. The number of hydrogen-bond acceptors (Lipinski definition) is 3. The van der Waals surface area contributed by atoms with E-state index in [0.29, 0.717) is 17.9 Å². The molecule has 1 aliphatic rings. The predicted molar refractivity (Wildman–Crippen MR) is 85.2 cm³/mol. The molecule has 1 aromatic carbocycles. The Hall–Kier alpha value is -1.22. The molecule has 2 atom stereocenters. The van der Waals surface area contributed by atoms with E-state index in [9.17, 15) is 0 Å². The summed E-state index contributed by atoms with van der Waals surface area (Å²) in [5.74, 6) is 1.43. The Kier molecular flexibility index (Phi) is 4.28. The normalized spacial score (nSPS) is 28.9. The molecule has 0 aromatic heterocycles. The minimum atomic E-state index is -0.0237. The zero-order valence-corrected chi connectivity index (χ0v) is 13.2. The third kappa shape index (κ3) is 2.93. The average Bonchev–Trinajstić information content (AvgIpc) is 2.42. The summed E-state index contributed by atoms with van der Waals surface area (Å²) in [6, 6.07) is 8.09. The van der Waals surface area contributed by atoms with Crippen LogP contribution in [0.4, 0.5) is 5.69 Å². The van der Waals surface area contributed by atoms with Gasteiger partial charge in [0.1, 0.15) is 5.75 Å². The maximum absolute atomic E-state index is 6.15. The number of para-hydroxylation sites is 2. The second-order valence-corrected chi connectivity index (χ2v) is 6.95. The van der Waals surface area contributed by atoms with E-state index in [1.165, 1.54) is 12.8 Å². The van der Waals surface area contributed by atoms with Crippen LogP contribution in [0, 0.1) is 11.3 Å². The molecule has 20 heavy (non-hydrogen) atoms. The molecule has 2 rings (SSSR count). The van der Waals surface area contributed by atoms with Crippen LogP contribution in [0.2, 0.25) is 0 Å². The van der Waals surface area contributed by atoms with E-state index in [2.05, 4.69) is 32.2 Å². The monoisotopic (exact) mass is 276 g/mol. The van der Waals surface area contributed by atoms with Crippen LogP contribution in [-0.2, 0) is 0 Å². The fourth-order valence-corrected chi connectivity index (χ4v) is 3.49. The van der Waals surface area contributed by atoms with Crippen molar-refractivity contribution in [3.05, 3.63) is 24.3 Å². The standard InChI is InChI=1S/C17H28N2O/c1-13-11-16(2,3)9-10-17(13,12-18)19-14-7-5-6-8-15(14)20-4/h5-8,13,19H,9-12,18H2,1-4H3. The van der Waals surface area contributed by atoms with Crippen molar-refractivity contribution in [3.63, 3.8) is 0 Å². The lowest BCUT2D eigenvalue weighted by atomic mass is 9.63. The predicted octanol–water partition coefficient (Wildman–Crippen LogP) is 3.65. The maximum Gasteiger partial charge on any atom is 0.141 e. The molecule has 0 radical (unpaired) electrons. The zero-order chi connectivity index (χ0) is 14.8. The van der Waals surface area contributed by atoms with E-state index in [0.717, 1.165) is 17.9 Å². The number of hydrogen-bond donors (Lipinski definition) is 2. The van der Waals surface area contributed by atoms with Crippen molar-refractivity contribution in [1.29, 1.82) is 0 Å². The maximum atomic E-state index is 6.15. The average molecular weight is 276 g/mol. The van der Waals surface area contributed by atoms with Crippen LogP contribution in [0.1, 0.15) is 40.0 Å². The lowest BCUT2D eigenvalue weighted by molar-refractivity contribution is 0.120. The summed E-state index contributed by atoms with van der Waals surface area (Å²) < 4.78 is 5.45. The number of methoxy groups -OCH3 is 1. The fourth-order valence-electron chi connectivity index (χ4n) is 3.49. The molecule has 0 aliphatic heterocycles. The van der Waals surface area contributed by atoms with Gasteiger partial charge in [-0.25, -0.2) is 0 Å². The third-order valence-corrected chi connectivity index (χ3v) is 4.90. The van der Waals surface area contributed by atoms with Crippen molar-refractivity contribution >= 4 is 5.69 Å². The van der Waals surface area contributed by atoms with Gasteiger partial charge in [0.05, 0.1) is 18.3 Å². The molecular formula is C17H28N2O. The quantitative estimate of drug-likeness (QED) is 0.882. The van der Waals surface area contributed by atoms with E-state index in [4.69, 9.17) is 10.5 Å². The van der Waals surface area contributed by atoms with Crippen molar-refractivity contribution < 1.29 is 4.74 Å². The van der Waals surface area contributed by atoms with Crippen LogP contribution >= 0.6 is 0 Å². The van der Waals surface area contributed by atoms with Gasteiger partial charge >= 0.3 is 0 Å². The number of nitrogens with two attached hydrogens (primary N) is 1. The number of rotatable bonds is 4. The number of benzene rings is 1. The van der Waals surface area contributed by atoms with Gasteiger partial charge in [0.25, 0.3) is 0 Å². The second kappa shape index (κ2) is 5.65. The summed E-state index contributed by atoms with van der Waals surface area (Å²) in [7, 11) is 1.71. The van der Waals surface area contributed by atoms with E-state index in [1.54, 1.807) is 7.11 Å². The first-order chi connectivity index (χ1) is 9.42. The Balaban J connectivity index is 2.24. The van der Waals surface area contributed by atoms with Crippen LogP contribution < -0.4 is 15.8 Å². The molecule has 3 heteroatoms. The molecule has 0 bridgehead atoms. The first-order valence-corrected chi connectivity index (χ1v) is 7.54. The Morgan fingerprint density at radius 2 is 2.00 bits per heavy atom. The molecule has 3 nitrogen and oxygen atoms in total. The molecule has 0 spiro atoms. The molecule has 2 unspecified atom stereocenters. The highest BCUT2D eigenvalue weighted by molar-refractivity contribution is 5.58. The van der Waals surface area contributed by atoms with Gasteiger partial charge < -0.3 is 15.8 Å². The van der Waals surface area contributed by atoms with Crippen molar-refractivity contribution in [1.82, 2.24) is 0 Å². The van der Waals surface area contributed by atoms with Gasteiger partial charge in [-0.1, -0.05) is 32.9 Å². The highest BCUT2D eigenvalue weighted by Crippen LogP contribution is 2.45. The smallest absolute Gasteiger partial charge is 0.141 e. The minimum absolute atomic E-state index is 0.0237. The van der Waals surface area contributed by atoms with Crippen molar-refractivity contribution in [3.8, 4) is 5.75 Å². The Morgan fingerprint density at radius 3 is 2.60 bits per heavy atom. The first kappa shape index (κ1) is 15.2. The molecule has 1 aliphatic carbocycles. The fraction of sp³-hybridized carbons (Fsp3) is 0.647. The van der Waals surface area contributed by atoms with Crippen molar-refractivity contribution in [2.24, 2.45) is 17.1 Å². The van der Waals surface area contributed by atoms with E-state index in [1.807, 2.05) is 18.2 Å². The third-order valence-electron chi connectivity index (χ3n) is 4.90. The highest BCUT2D eigenvalue weighted by atomic mass is 16.5. The molecule has 1 aromatic rings. The minimum Gasteiger partial charge on any atom is -0.495 e. The van der Waals surface area contributed by atoms with Crippen molar-refractivity contribution in [2.75, 3.05) is 19.0 Å². The number of nitrogens with one attached hydrogen (secondary N) is 1. The topological polar surface area (TPSA) is 47.3 Å².